The molecular weight excluding hydrogens is 262 g/mol. The van der Waals surface area contributed by atoms with Gasteiger partial charge in [0.2, 0.25) is 0 Å². The lowest BCUT2D eigenvalue weighted by Gasteiger charge is -2.06. The Hall–Kier alpha value is -1.89. The van der Waals surface area contributed by atoms with Gasteiger partial charge < -0.3 is 5.73 Å². The summed E-state index contributed by atoms with van der Waals surface area (Å²) in [5.41, 5.74) is 5.39. The Bertz CT molecular complexity index is 575. The zero-order chi connectivity index (χ0) is 14.0. The lowest BCUT2D eigenvalue weighted by Crippen LogP contribution is -2.09. The van der Waals surface area contributed by atoms with Crippen LogP contribution in [0.1, 0.15) is 16.8 Å². The maximum absolute atomic E-state index is 13.5. The van der Waals surface area contributed by atoms with E-state index in [2.05, 4.69) is 5.10 Å². The Balaban J connectivity index is 2.24. The van der Waals surface area contributed by atoms with Crippen LogP contribution in [0.4, 0.5) is 17.6 Å². The van der Waals surface area contributed by atoms with Crippen molar-refractivity contribution < 1.29 is 17.6 Å². The maximum Gasteiger partial charge on any atom is 0.435 e. The number of nitrogens with two attached hydrogens (primary N) is 1. The first-order chi connectivity index (χ1) is 8.90. The van der Waals surface area contributed by atoms with Crippen LogP contribution in [0.3, 0.4) is 0 Å². The van der Waals surface area contributed by atoms with E-state index in [0.29, 0.717) is 5.56 Å². The number of hydrogen-bond acceptors (Lipinski definition) is 2. The molecule has 7 heteroatoms. The van der Waals surface area contributed by atoms with E-state index in [-0.39, 0.29) is 18.7 Å². The fourth-order valence-corrected chi connectivity index (χ4v) is 1.65. The lowest BCUT2D eigenvalue weighted by molar-refractivity contribution is -0.141. The monoisotopic (exact) mass is 273 g/mol. The van der Waals surface area contributed by atoms with Crippen LogP contribution in [-0.2, 0) is 19.3 Å². The van der Waals surface area contributed by atoms with E-state index in [1.807, 2.05) is 0 Å². The standard InChI is InChI=1S/C12H11F4N3/c13-10-2-1-8(6-17)5-9(10)7-19-4-3-11(18-19)12(14,15)16/h1-5H,6-7,17H2. The van der Waals surface area contributed by atoms with Crippen molar-refractivity contribution in [1.82, 2.24) is 9.78 Å². The normalized spacial score (nSPS) is 11.8. The Kier molecular flexibility index (Phi) is 3.57. The van der Waals surface area contributed by atoms with Crippen molar-refractivity contribution >= 4 is 0 Å². The van der Waals surface area contributed by atoms with Crippen molar-refractivity contribution in [1.29, 1.82) is 0 Å². The average molecular weight is 273 g/mol. The third kappa shape index (κ3) is 3.11. The minimum atomic E-state index is -4.50. The molecule has 0 fully saturated rings. The SMILES string of the molecule is NCc1ccc(F)c(Cn2ccc(C(F)(F)F)n2)c1. The molecule has 2 aromatic rings. The minimum Gasteiger partial charge on any atom is -0.326 e. The molecule has 19 heavy (non-hydrogen) atoms. The molecule has 2 N–H and O–H groups in total. The van der Waals surface area contributed by atoms with Gasteiger partial charge in [-0.2, -0.15) is 18.3 Å². The van der Waals surface area contributed by atoms with Gasteiger partial charge in [-0.15, -0.1) is 0 Å². The van der Waals surface area contributed by atoms with Gasteiger partial charge in [-0.25, -0.2) is 4.39 Å². The number of aromatic nitrogens is 2. The summed E-state index contributed by atoms with van der Waals surface area (Å²) < 4.78 is 51.7. The molecule has 0 radical (unpaired) electrons. The molecule has 0 aliphatic rings. The van der Waals surface area contributed by atoms with Gasteiger partial charge >= 0.3 is 6.18 Å². The predicted octanol–water partition coefficient (Wildman–Crippen LogP) is 2.55. The third-order valence-electron chi connectivity index (χ3n) is 2.61. The summed E-state index contributed by atoms with van der Waals surface area (Å²) in [5.74, 6) is -0.499. The maximum atomic E-state index is 13.5. The van der Waals surface area contributed by atoms with E-state index in [1.54, 1.807) is 0 Å². The molecule has 0 spiro atoms. The molecule has 0 amide bonds. The van der Waals surface area contributed by atoms with Gasteiger partial charge in [0, 0.05) is 18.3 Å². The summed E-state index contributed by atoms with van der Waals surface area (Å²) in [7, 11) is 0. The van der Waals surface area contributed by atoms with Crippen molar-refractivity contribution in [3.05, 3.63) is 53.1 Å². The first-order valence-electron chi connectivity index (χ1n) is 5.48. The van der Waals surface area contributed by atoms with E-state index in [9.17, 15) is 17.6 Å². The summed E-state index contributed by atoms with van der Waals surface area (Å²) in [4.78, 5) is 0. The summed E-state index contributed by atoms with van der Waals surface area (Å²) in [6.07, 6.45) is -3.33. The predicted molar refractivity (Wildman–Crippen MR) is 60.6 cm³/mol. The first kappa shape index (κ1) is 13.5. The van der Waals surface area contributed by atoms with Crippen LogP contribution >= 0.6 is 0 Å². The second-order valence-corrected chi connectivity index (χ2v) is 4.03. The van der Waals surface area contributed by atoms with Gasteiger partial charge in [0.25, 0.3) is 0 Å². The molecule has 0 bridgehead atoms. The van der Waals surface area contributed by atoms with Gasteiger partial charge in [-0.1, -0.05) is 6.07 Å². The smallest absolute Gasteiger partial charge is 0.326 e. The van der Waals surface area contributed by atoms with Crippen molar-refractivity contribution in [3.63, 3.8) is 0 Å². The topological polar surface area (TPSA) is 43.8 Å². The van der Waals surface area contributed by atoms with Gasteiger partial charge in [-0.3, -0.25) is 4.68 Å². The number of nitrogens with zero attached hydrogens (tertiary/aromatic N) is 2. The number of hydrogen-bond donors (Lipinski definition) is 1. The number of halogens is 4. The van der Waals surface area contributed by atoms with Crippen LogP contribution in [0.25, 0.3) is 0 Å². The molecule has 102 valence electrons. The number of alkyl halides is 3. The first-order valence-corrected chi connectivity index (χ1v) is 5.48. The Morgan fingerprint density at radius 3 is 2.53 bits per heavy atom. The van der Waals surface area contributed by atoms with E-state index in [1.165, 1.54) is 18.2 Å². The summed E-state index contributed by atoms with van der Waals surface area (Å²) >= 11 is 0. The second kappa shape index (κ2) is 5.00. The number of rotatable bonds is 3. The van der Waals surface area contributed by atoms with Crippen molar-refractivity contribution in [2.24, 2.45) is 5.73 Å². The lowest BCUT2D eigenvalue weighted by atomic mass is 10.1. The zero-order valence-electron chi connectivity index (χ0n) is 9.78. The van der Waals surface area contributed by atoms with Crippen LogP contribution in [0.15, 0.2) is 30.5 Å². The van der Waals surface area contributed by atoms with Gasteiger partial charge in [0.05, 0.1) is 6.54 Å². The van der Waals surface area contributed by atoms with Crippen LogP contribution in [-0.4, -0.2) is 9.78 Å². The molecule has 0 aliphatic heterocycles. The molecule has 1 aromatic heterocycles. The fraction of sp³-hybridized carbons (Fsp3) is 0.250. The minimum absolute atomic E-state index is 0.0737. The highest BCUT2D eigenvalue weighted by Crippen LogP contribution is 2.27. The molecular formula is C12H11F4N3. The van der Waals surface area contributed by atoms with E-state index >= 15 is 0 Å². The van der Waals surface area contributed by atoms with Crippen LogP contribution < -0.4 is 5.73 Å². The van der Waals surface area contributed by atoms with Crippen molar-refractivity contribution in [2.75, 3.05) is 0 Å². The van der Waals surface area contributed by atoms with Crippen molar-refractivity contribution in [3.8, 4) is 0 Å². The molecule has 2 rings (SSSR count). The molecule has 0 atom stereocenters. The second-order valence-electron chi connectivity index (χ2n) is 4.03. The Labute approximate surface area is 106 Å². The largest absolute Gasteiger partial charge is 0.435 e. The zero-order valence-corrected chi connectivity index (χ0v) is 9.78. The van der Waals surface area contributed by atoms with Gasteiger partial charge in [-0.05, 0) is 23.8 Å². The van der Waals surface area contributed by atoms with E-state index in [4.69, 9.17) is 5.73 Å². The highest BCUT2D eigenvalue weighted by atomic mass is 19.4. The van der Waals surface area contributed by atoms with Crippen LogP contribution in [0.5, 0.6) is 0 Å². The molecule has 1 aromatic carbocycles. The third-order valence-corrected chi connectivity index (χ3v) is 2.61. The van der Waals surface area contributed by atoms with Crippen LogP contribution in [0.2, 0.25) is 0 Å². The Morgan fingerprint density at radius 2 is 1.95 bits per heavy atom. The highest BCUT2D eigenvalue weighted by Gasteiger charge is 2.33. The van der Waals surface area contributed by atoms with E-state index < -0.39 is 17.7 Å². The summed E-state index contributed by atoms with van der Waals surface area (Å²) in [6, 6.07) is 5.14. The fourth-order valence-electron chi connectivity index (χ4n) is 1.65. The van der Waals surface area contributed by atoms with Crippen molar-refractivity contribution in [2.45, 2.75) is 19.3 Å². The molecule has 0 aliphatic carbocycles. The summed E-state index contributed by atoms with van der Waals surface area (Å²) in [5, 5.41) is 3.37. The molecule has 3 nitrogen and oxygen atoms in total. The molecule has 0 unspecified atom stereocenters. The summed E-state index contributed by atoms with van der Waals surface area (Å²) in [6.45, 7) is 0.163. The molecule has 0 saturated carbocycles. The number of benzene rings is 1. The van der Waals surface area contributed by atoms with E-state index in [0.717, 1.165) is 16.9 Å². The van der Waals surface area contributed by atoms with Crippen LogP contribution in [0, 0.1) is 5.82 Å². The molecule has 0 saturated heterocycles. The average Bonchev–Trinajstić information content (AvgIpc) is 2.80. The van der Waals surface area contributed by atoms with Gasteiger partial charge in [0.1, 0.15) is 5.82 Å². The Morgan fingerprint density at radius 1 is 1.21 bits per heavy atom. The molecule has 1 heterocycles. The quantitative estimate of drug-likeness (QED) is 0.873. The highest BCUT2D eigenvalue weighted by molar-refractivity contribution is 5.25. The van der Waals surface area contributed by atoms with Gasteiger partial charge in [0.15, 0.2) is 5.69 Å².